The minimum absolute atomic E-state index is 0.0157. The molecule has 1 amide bonds. The standard InChI is InChI=1S/C21H28ClFN6O2/c1-21(2,3)16(24)11-15(25-4)19(31)29-20(28-17-6-5-7-18(30)27-17)26-14-9-12(22)8-13(23)10-14/h5-10,15-16,25H,11,24H2,1-4H3,(H3,26,27,28,29,30,31). The molecule has 0 saturated heterocycles. The highest BCUT2D eigenvalue weighted by atomic mass is 35.5. The Morgan fingerprint density at radius 2 is 2.00 bits per heavy atom. The van der Waals surface area contributed by atoms with Gasteiger partial charge in [-0.3, -0.25) is 14.9 Å². The van der Waals surface area contributed by atoms with Crippen molar-refractivity contribution >= 4 is 35.0 Å². The third-order valence-electron chi connectivity index (χ3n) is 4.62. The third-order valence-corrected chi connectivity index (χ3v) is 4.84. The molecule has 1 aromatic carbocycles. The quantitative estimate of drug-likeness (QED) is 0.342. The molecule has 0 fully saturated rings. The molecule has 1 aromatic heterocycles. The number of hydrogen-bond donors (Lipinski definition) is 5. The van der Waals surface area contributed by atoms with Crippen LogP contribution in [-0.4, -0.2) is 36.0 Å². The number of likely N-dealkylation sites (N-methyl/N-ethyl adjacent to an activating group) is 1. The molecule has 1 heterocycles. The van der Waals surface area contributed by atoms with E-state index in [0.717, 1.165) is 6.07 Å². The summed E-state index contributed by atoms with van der Waals surface area (Å²) in [6, 6.07) is 7.40. The maximum Gasteiger partial charge on any atom is 0.249 e. The number of rotatable bonds is 6. The van der Waals surface area contributed by atoms with Gasteiger partial charge in [-0.25, -0.2) is 4.39 Å². The first-order valence-electron chi connectivity index (χ1n) is 9.73. The van der Waals surface area contributed by atoms with Crippen molar-refractivity contribution < 1.29 is 9.18 Å². The van der Waals surface area contributed by atoms with E-state index in [1.165, 1.54) is 24.3 Å². The molecule has 31 heavy (non-hydrogen) atoms. The number of carbonyl (C=O) groups excluding carboxylic acids is 1. The lowest BCUT2D eigenvalue weighted by Gasteiger charge is -2.30. The summed E-state index contributed by atoms with van der Waals surface area (Å²) in [5.74, 6) is -0.768. The van der Waals surface area contributed by atoms with Gasteiger partial charge in [0.25, 0.3) is 0 Å². The smallest absolute Gasteiger partial charge is 0.249 e. The van der Waals surface area contributed by atoms with Crippen LogP contribution in [0.15, 0.2) is 46.2 Å². The minimum atomic E-state index is -0.604. The number of nitrogens with one attached hydrogen (secondary N) is 4. The summed E-state index contributed by atoms with van der Waals surface area (Å²) in [4.78, 5) is 31.3. The summed E-state index contributed by atoms with van der Waals surface area (Å²) >= 11 is 5.91. The van der Waals surface area contributed by atoms with E-state index in [-0.39, 0.29) is 39.5 Å². The molecule has 6 N–H and O–H groups in total. The summed E-state index contributed by atoms with van der Waals surface area (Å²) in [5.41, 5.74) is 5.96. The topological polar surface area (TPSA) is 124 Å². The number of hydrogen-bond acceptors (Lipinski definition) is 5. The SMILES string of the molecule is CNC(CC(N)C(C)(C)C)C(=O)NC(=Nc1cccc(=O)[nH]1)Nc1cc(F)cc(Cl)c1. The van der Waals surface area contributed by atoms with Gasteiger partial charge in [0.15, 0.2) is 0 Å². The average Bonchev–Trinajstić information content (AvgIpc) is 2.64. The lowest BCUT2D eigenvalue weighted by molar-refractivity contribution is -0.122. The van der Waals surface area contributed by atoms with Crippen LogP contribution in [0.1, 0.15) is 27.2 Å². The number of carbonyl (C=O) groups is 1. The number of halogens is 2. The Bertz CT molecular complexity index is 982. The lowest BCUT2D eigenvalue weighted by Crippen LogP contribution is -2.51. The van der Waals surface area contributed by atoms with Gasteiger partial charge in [-0.05, 0) is 43.1 Å². The Morgan fingerprint density at radius 1 is 1.29 bits per heavy atom. The molecule has 168 valence electrons. The van der Waals surface area contributed by atoms with Gasteiger partial charge in [0.2, 0.25) is 17.4 Å². The van der Waals surface area contributed by atoms with Crippen molar-refractivity contribution in [3.63, 3.8) is 0 Å². The molecule has 0 aliphatic carbocycles. The van der Waals surface area contributed by atoms with Crippen LogP contribution < -0.4 is 27.2 Å². The Balaban J connectivity index is 2.31. The molecule has 2 atom stereocenters. The molecule has 0 aliphatic heterocycles. The number of amides is 1. The average molecular weight is 451 g/mol. The van der Waals surface area contributed by atoms with Crippen LogP contribution in [0.25, 0.3) is 0 Å². The summed E-state index contributed by atoms with van der Waals surface area (Å²) in [6.45, 7) is 5.99. The van der Waals surface area contributed by atoms with Crippen LogP contribution in [-0.2, 0) is 4.79 Å². The van der Waals surface area contributed by atoms with Gasteiger partial charge in [0.05, 0.1) is 6.04 Å². The van der Waals surface area contributed by atoms with E-state index in [1.807, 2.05) is 20.8 Å². The molecule has 0 aliphatic rings. The van der Waals surface area contributed by atoms with Crippen LogP contribution in [0.2, 0.25) is 5.02 Å². The molecule has 10 heteroatoms. The molecule has 8 nitrogen and oxygen atoms in total. The zero-order valence-corrected chi connectivity index (χ0v) is 18.7. The number of guanidine groups is 1. The number of aliphatic imine (C=N–C) groups is 1. The first-order chi connectivity index (χ1) is 14.5. The Morgan fingerprint density at radius 3 is 2.58 bits per heavy atom. The molecule has 2 aromatic rings. The van der Waals surface area contributed by atoms with Gasteiger partial charge in [0.1, 0.15) is 11.6 Å². The second-order valence-corrected chi connectivity index (χ2v) is 8.62. The van der Waals surface area contributed by atoms with Gasteiger partial charge in [-0.2, -0.15) is 4.99 Å². The largest absolute Gasteiger partial charge is 0.327 e. The normalized spacial score (nSPS) is 14.1. The van der Waals surface area contributed by atoms with Crippen molar-refractivity contribution in [2.75, 3.05) is 12.4 Å². The Hall–Kier alpha value is -2.75. The molecular weight excluding hydrogens is 423 g/mol. The van der Waals surface area contributed by atoms with E-state index in [0.29, 0.717) is 6.42 Å². The van der Waals surface area contributed by atoms with Gasteiger partial charge >= 0.3 is 0 Å². The fourth-order valence-electron chi connectivity index (χ4n) is 2.64. The lowest BCUT2D eigenvalue weighted by atomic mass is 9.83. The van der Waals surface area contributed by atoms with Gasteiger partial charge < -0.3 is 21.4 Å². The molecule has 0 saturated carbocycles. The number of nitrogens with zero attached hydrogens (tertiary/aromatic N) is 1. The second-order valence-electron chi connectivity index (χ2n) is 8.18. The maximum absolute atomic E-state index is 13.7. The van der Waals surface area contributed by atoms with Crippen molar-refractivity contribution in [3.8, 4) is 0 Å². The second kappa shape index (κ2) is 10.5. The first kappa shape index (κ1) is 24.5. The zero-order valence-electron chi connectivity index (χ0n) is 17.9. The van der Waals surface area contributed by atoms with Crippen molar-refractivity contribution in [2.45, 2.75) is 39.3 Å². The van der Waals surface area contributed by atoms with Crippen molar-refractivity contribution in [2.24, 2.45) is 16.1 Å². The monoisotopic (exact) mass is 450 g/mol. The van der Waals surface area contributed by atoms with Crippen LogP contribution in [0.4, 0.5) is 15.9 Å². The minimum Gasteiger partial charge on any atom is -0.327 e. The molecule has 0 bridgehead atoms. The molecular formula is C21H28ClFN6O2. The predicted molar refractivity (Wildman–Crippen MR) is 122 cm³/mol. The van der Waals surface area contributed by atoms with Crippen molar-refractivity contribution in [1.29, 1.82) is 0 Å². The number of benzene rings is 1. The fraction of sp³-hybridized carbons (Fsp3) is 0.381. The summed E-state index contributed by atoms with van der Waals surface area (Å²) in [5, 5.41) is 8.63. The first-order valence-corrected chi connectivity index (χ1v) is 10.1. The van der Waals surface area contributed by atoms with E-state index >= 15 is 0 Å². The molecule has 0 spiro atoms. The summed E-state index contributed by atoms with van der Waals surface area (Å²) in [6.07, 6.45) is 0.382. The van der Waals surface area contributed by atoms with Gasteiger partial charge in [0, 0.05) is 22.8 Å². The van der Waals surface area contributed by atoms with Gasteiger partial charge in [-0.1, -0.05) is 38.4 Å². The van der Waals surface area contributed by atoms with Crippen molar-refractivity contribution in [3.05, 3.63) is 57.6 Å². The van der Waals surface area contributed by atoms with Crippen LogP contribution in [0.3, 0.4) is 0 Å². The molecule has 0 radical (unpaired) electrons. The van der Waals surface area contributed by atoms with Crippen LogP contribution >= 0.6 is 11.6 Å². The number of anilines is 1. The number of aromatic nitrogens is 1. The highest BCUT2D eigenvalue weighted by Crippen LogP contribution is 2.21. The Labute approximate surface area is 185 Å². The number of nitrogens with two attached hydrogens (primary N) is 1. The van der Waals surface area contributed by atoms with Crippen molar-refractivity contribution in [1.82, 2.24) is 15.6 Å². The predicted octanol–water partition coefficient (Wildman–Crippen LogP) is 2.73. The molecule has 2 rings (SSSR count). The third kappa shape index (κ3) is 7.78. The highest BCUT2D eigenvalue weighted by molar-refractivity contribution is 6.31. The fourth-order valence-corrected chi connectivity index (χ4v) is 2.86. The number of H-pyrrole nitrogens is 1. The Kier molecular flexibility index (Phi) is 8.32. The molecule has 2 unspecified atom stereocenters. The zero-order chi connectivity index (χ0) is 23.2. The van der Waals surface area contributed by atoms with Crippen LogP contribution in [0.5, 0.6) is 0 Å². The van der Waals surface area contributed by atoms with E-state index in [9.17, 15) is 14.0 Å². The number of pyridine rings is 1. The maximum atomic E-state index is 13.7. The van der Waals surface area contributed by atoms with E-state index < -0.39 is 17.8 Å². The van der Waals surface area contributed by atoms with E-state index in [2.05, 4.69) is 25.9 Å². The summed E-state index contributed by atoms with van der Waals surface area (Å²) in [7, 11) is 1.66. The summed E-state index contributed by atoms with van der Waals surface area (Å²) < 4.78 is 13.7. The van der Waals surface area contributed by atoms with E-state index in [4.69, 9.17) is 17.3 Å². The van der Waals surface area contributed by atoms with Crippen LogP contribution in [0, 0.1) is 11.2 Å². The number of aromatic amines is 1. The highest BCUT2D eigenvalue weighted by Gasteiger charge is 2.27. The van der Waals surface area contributed by atoms with Gasteiger partial charge in [-0.15, -0.1) is 0 Å². The van der Waals surface area contributed by atoms with E-state index in [1.54, 1.807) is 13.1 Å².